The van der Waals surface area contributed by atoms with Gasteiger partial charge in [-0.15, -0.1) is 0 Å². The van der Waals surface area contributed by atoms with Crippen LogP contribution in [0.15, 0.2) is 66.0 Å². The van der Waals surface area contributed by atoms with E-state index in [9.17, 15) is 8.42 Å². The van der Waals surface area contributed by atoms with Crippen molar-refractivity contribution in [3.8, 4) is 0 Å². The van der Waals surface area contributed by atoms with E-state index >= 15 is 0 Å². The molecule has 6 nitrogen and oxygen atoms in total. The quantitative estimate of drug-likeness (QED) is 0.388. The van der Waals surface area contributed by atoms with Crippen molar-refractivity contribution in [2.45, 2.75) is 64.7 Å². The highest BCUT2D eigenvalue weighted by Crippen LogP contribution is 2.21. The standard InChI is InChI=1S/C27H36N4O2S2/c1-20(2)16-30(26(34)29-21(3)4)18-25-15-28-27(31(25)17-23-9-7-6-8-10-23)35(32,33)19-24-13-11-22(5)12-14-24/h6-15,20-21H,16-19H2,1-5H3,(H,29,34). The zero-order chi connectivity index (χ0) is 25.6. The molecule has 0 aliphatic carbocycles. The molecule has 0 saturated heterocycles. The van der Waals surface area contributed by atoms with Crippen molar-refractivity contribution in [3.63, 3.8) is 0 Å². The number of sulfone groups is 1. The lowest BCUT2D eigenvalue weighted by atomic mass is 10.2. The van der Waals surface area contributed by atoms with Crippen molar-refractivity contribution < 1.29 is 8.42 Å². The highest BCUT2D eigenvalue weighted by atomic mass is 32.2. The van der Waals surface area contributed by atoms with E-state index in [1.165, 1.54) is 0 Å². The van der Waals surface area contributed by atoms with Gasteiger partial charge >= 0.3 is 0 Å². The van der Waals surface area contributed by atoms with E-state index in [1.54, 1.807) is 6.20 Å². The molecule has 0 amide bonds. The van der Waals surface area contributed by atoms with Crippen LogP contribution in [0.25, 0.3) is 0 Å². The van der Waals surface area contributed by atoms with Crippen molar-refractivity contribution in [2.75, 3.05) is 6.54 Å². The van der Waals surface area contributed by atoms with Gasteiger partial charge in [-0.1, -0.05) is 74.0 Å². The SMILES string of the molecule is Cc1ccc(CS(=O)(=O)c2ncc(CN(CC(C)C)C(=S)NC(C)C)n2Cc2ccccc2)cc1. The normalized spacial score (nSPS) is 11.7. The lowest BCUT2D eigenvalue weighted by Gasteiger charge is -2.29. The van der Waals surface area contributed by atoms with Gasteiger partial charge in [-0.2, -0.15) is 0 Å². The van der Waals surface area contributed by atoms with Crippen LogP contribution in [-0.2, 0) is 28.7 Å². The maximum atomic E-state index is 13.5. The molecular weight excluding hydrogens is 476 g/mol. The number of nitrogens with one attached hydrogen (secondary N) is 1. The fraction of sp³-hybridized carbons (Fsp3) is 0.407. The summed E-state index contributed by atoms with van der Waals surface area (Å²) in [7, 11) is -3.67. The average Bonchev–Trinajstić information content (AvgIpc) is 3.18. The van der Waals surface area contributed by atoms with Crippen molar-refractivity contribution in [2.24, 2.45) is 5.92 Å². The number of aryl methyl sites for hydroxylation is 1. The van der Waals surface area contributed by atoms with Gasteiger partial charge < -0.3 is 14.8 Å². The van der Waals surface area contributed by atoms with Gasteiger partial charge in [0.2, 0.25) is 15.0 Å². The molecule has 3 aromatic rings. The lowest BCUT2D eigenvalue weighted by molar-refractivity contribution is 0.342. The monoisotopic (exact) mass is 512 g/mol. The van der Waals surface area contributed by atoms with E-state index in [4.69, 9.17) is 12.2 Å². The van der Waals surface area contributed by atoms with E-state index in [0.29, 0.717) is 24.1 Å². The molecule has 0 aliphatic rings. The second kappa shape index (κ2) is 11.8. The highest BCUT2D eigenvalue weighted by molar-refractivity contribution is 7.90. The van der Waals surface area contributed by atoms with Crippen molar-refractivity contribution in [3.05, 3.63) is 83.2 Å². The topological polar surface area (TPSA) is 67.2 Å². The first-order chi connectivity index (χ1) is 16.5. The summed E-state index contributed by atoms with van der Waals surface area (Å²) in [5.41, 5.74) is 3.66. The molecule has 35 heavy (non-hydrogen) atoms. The first kappa shape index (κ1) is 26.9. The number of rotatable bonds is 10. The Morgan fingerprint density at radius 2 is 1.69 bits per heavy atom. The van der Waals surface area contributed by atoms with Crippen LogP contribution < -0.4 is 5.32 Å². The molecule has 0 saturated carbocycles. The molecular formula is C27H36N4O2S2. The van der Waals surface area contributed by atoms with Crippen LogP contribution in [0, 0.1) is 12.8 Å². The van der Waals surface area contributed by atoms with E-state index < -0.39 is 9.84 Å². The van der Waals surface area contributed by atoms with Crippen LogP contribution in [0.4, 0.5) is 0 Å². The molecule has 0 spiro atoms. The van der Waals surface area contributed by atoms with Gasteiger partial charge in [-0.05, 0) is 50.0 Å². The van der Waals surface area contributed by atoms with E-state index in [2.05, 4.69) is 42.9 Å². The van der Waals surface area contributed by atoms with Crippen molar-refractivity contribution in [1.29, 1.82) is 0 Å². The van der Waals surface area contributed by atoms with Crippen LogP contribution in [0.2, 0.25) is 0 Å². The minimum absolute atomic E-state index is 0.0872. The minimum atomic E-state index is -3.67. The first-order valence-electron chi connectivity index (χ1n) is 12.0. The Morgan fingerprint density at radius 1 is 1.03 bits per heavy atom. The molecule has 0 bridgehead atoms. The third-order valence-electron chi connectivity index (χ3n) is 5.48. The zero-order valence-corrected chi connectivity index (χ0v) is 22.9. The molecule has 1 aromatic heterocycles. The van der Waals surface area contributed by atoms with E-state index in [0.717, 1.165) is 28.9 Å². The molecule has 2 aromatic carbocycles. The first-order valence-corrected chi connectivity index (χ1v) is 14.0. The Labute approximate surface area is 215 Å². The molecule has 8 heteroatoms. The molecule has 0 aliphatic heterocycles. The summed E-state index contributed by atoms with van der Waals surface area (Å²) in [6.07, 6.45) is 1.68. The van der Waals surface area contributed by atoms with Gasteiger partial charge in [0, 0.05) is 12.6 Å². The van der Waals surface area contributed by atoms with Crippen molar-refractivity contribution >= 4 is 27.2 Å². The number of nitrogens with zero attached hydrogens (tertiary/aromatic N) is 3. The van der Waals surface area contributed by atoms with Crippen LogP contribution >= 0.6 is 12.2 Å². The Hall–Kier alpha value is -2.71. The molecule has 1 N–H and O–H groups in total. The smallest absolute Gasteiger partial charge is 0.228 e. The summed E-state index contributed by atoms with van der Waals surface area (Å²) in [5, 5.41) is 4.07. The molecule has 0 radical (unpaired) electrons. The molecule has 0 unspecified atom stereocenters. The number of hydrogen-bond donors (Lipinski definition) is 1. The third kappa shape index (κ3) is 7.64. The largest absolute Gasteiger partial charge is 0.360 e. The summed E-state index contributed by atoms with van der Waals surface area (Å²) in [4.78, 5) is 6.53. The van der Waals surface area contributed by atoms with Gasteiger partial charge in [0.15, 0.2) is 5.11 Å². The van der Waals surface area contributed by atoms with Gasteiger partial charge in [0.05, 0.1) is 30.7 Å². The van der Waals surface area contributed by atoms with Crippen LogP contribution in [0.5, 0.6) is 0 Å². The van der Waals surface area contributed by atoms with Crippen LogP contribution in [-0.4, -0.2) is 40.6 Å². The summed E-state index contributed by atoms with van der Waals surface area (Å²) in [6.45, 7) is 12.0. The summed E-state index contributed by atoms with van der Waals surface area (Å²) < 4.78 is 28.9. The Balaban J connectivity index is 1.99. The lowest BCUT2D eigenvalue weighted by Crippen LogP contribution is -2.44. The highest BCUT2D eigenvalue weighted by Gasteiger charge is 2.25. The summed E-state index contributed by atoms with van der Waals surface area (Å²) in [5.74, 6) is 0.291. The second-order valence-electron chi connectivity index (χ2n) is 9.73. The predicted octanol–water partition coefficient (Wildman–Crippen LogP) is 4.95. The second-order valence-corrected chi connectivity index (χ2v) is 12.0. The Morgan fingerprint density at radius 3 is 2.29 bits per heavy atom. The average molecular weight is 513 g/mol. The van der Waals surface area contributed by atoms with Crippen molar-refractivity contribution in [1.82, 2.24) is 19.8 Å². The predicted molar refractivity (Wildman–Crippen MR) is 146 cm³/mol. The molecule has 0 atom stereocenters. The summed E-state index contributed by atoms with van der Waals surface area (Å²) >= 11 is 5.69. The Kier molecular flexibility index (Phi) is 9.08. The van der Waals surface area contributed by atoms with Gasteiger partial charge in [0.1, 0.15) is 0 Å². The van der Waals surface area contributed by atoms with E-state index in [-0.39, 0.29) is 17.0 Å². The van der Waals surface area contributed by atoms with Gasteiger partial charge in [0.25, 0.3) is 0 Å². The molecule has 0 fully saturated rings. The van der Waals surface area contributed by atoms with Gasteiger partial charge in [-0.25, -0.2) is 13.4 Å². The maximum Gasteiger partial charge on any atom is 0.228 e. The molecule has 1 heterocycles. The number of hydrogen-bond acceptors (Lipinski definition) is 4. The number of aromatic nitrogens is 2. The maximum absolute atomic E-state index is 13.5. The van der Waals surface area contributed by atoms with Gasteiger partial charge in [-0.3, -0.25) is 0 Å². The molecule has 188 valence electrons. The van der Waals surface area contributed by atoms with Crippen LogP contribution in [0.3, 0.4) is 0 Å². The Bertz CT molecular complexity index is 1220. The zero-order valence-electron chi connectivity index (χ0n) is 21.2. The van der Waals surface area contributed by atoms with E-state index in [1.807, 2.05) is 66.1 Å². The summed E-state index contributed by atoms with van der Waals surface area (Å²) in [6, 6.07) is 17.6. The number of thiocarbonyl (C=S) groups is 1. The van der Waals surface area contributed by atoms with Crippen LogP contribution in [0.1, 0.15) is 50.1 Å². The minimum Gasteiger partial charge on any atom is -0.360 e. The fourth-order valence-corrected chi connectivity index (χ4v) is 5.73. The molecule has 3 rings (SSSR count). The third-order valence-corrected chi connectivity index (χ3v) is 7.45. The number of imidazole rings is 1. The fourth-order valence-electron chi connectivity index (χ4n) is 3.86. The number of benzene rings is 2.